The maximum atomic E-state index is 10.9. The van der Waals surface area contributed by atoms with E-state index in [1.807, 2.05) is 0 Å². The lowest BCUT2D eigenvalue weighted by Crippen LogP contribution is -2.31. The number of hydrogen-bond donors (Lipinski definition) is 1. The predicted molar refractivity (Wildman–Crippen MR) is 42.2 cm³/mol. The van der Waals surface area contributed by atoms with Crippen LogP contribution in [-0.4, -0.2) is 26.2 Å². The van der Waals surface area contributed by atoms with Crippen molar-refractivity contribution in [3.05, 3.63) is 0 Å². The summed E-state index contributed by atoms with van der Waals surface area (Å²) in [5.41, 5.74) is 0.392. The second kappa shape index (κ2) is 3.22. The van der Waals surface area contributed by atoms with Gasteiger partial charge in [-0.1, -0.05) is 6.92 Å². The van der Waals surface area contributed by atoms with Crippen molar-refractivity contribution in [3.8, 4) is 0 Å². The van der Waals surface area contributed by atoms with Gasteiger partial charge in [0, 0.05) is 13.7 Å². The molecule has 0 aromatic heterocycles. The van der Waals surface area contributed by atoms with Crippen LogP contribution in [0, 0.1) is 5.41 Å². The Bertz CT molecular complexity index is 152. The Hall–Kier alpha value is -0.570. The quantitative estimate of drug-likeness (QED) is 0.647. The number of hydrogen-bond acceptors (Lipinski definition) is 2. The number of ether oxygens (including phenoxy) is 1. The molecule has 1 aliphatic carbocycles. The highest BCUT2D eigenvalue weighted by Gasteiger charge is 2.37. The molecule has 0 atom stereocenters. The molecule has 1 saturated carbocycles. The van der Waals surface area contributed by atoms with Crippen molar-refractivity contribution in [1.29, 1.82) is 0 Å². The van der Waals surface area contributed by atoms with Crippen LogP contribution in [0.1, 0.15) is 19.8 Å². The summed E-state index contributed by atoms with van der Waals surface area (Å²) in [6, 6.07) is 0. The lowest BCUT2D eigenvalue weighted by atomic mass is 10.1. The van der Waals surface area contributed by atoms with Crippen molar-refractivity contribution in [2.75, 3.05) is 20.3 Å². The summed E-state index contributed by atoms with van der Waals surface area (Å²) in [5, 5.41) is 2.82. The van der Waals surface area contributed by atoms with Gasteiger partial charge in [0.1, 0.15) is 6.61 Å². The Morgan fingerprint density at radius 2 is 2.27 bits per heavy atom. The van der Waals surface area contributed by atoms with E-state index in [-0.39, 0.29) is 12.5 Å². The lowest BCUT2D eigenvalue weighted by molar-refractivity contribution is -0.124. The van der Waals surface area contributed by atoms with Gasteiger partial charge in [-0.3, -0.25) is 4.79 Å². The van der Waals surface area contributed by atoms with E-state index in [1.165, 1.54) is 20.0 Å². The Morgan fingerprint density at radius 3 is 2.73 bits per heavy atom. The minimum absolute atomic E-state index is 0.0133. The number of rotatable bonds is 4. The average molecular weight is 157 g/mol. The van der Waals surface area contributed by atoms with Crippen LogP contribution in [0.3, 0.4) is 0 Å². The van der Waals surface area contributed by atoms with Gasteiger partial charge in [0.2, 0.25) is 5.91 Å². The molecule has 0 bridgehead atoms. The van der Waals surface area contributed by atoms with Gasteiger partial charge in [-0.25, -0.2) is 0 Å². The summed E-state index contributed by atoms with van der Waals surface area (Å²) in [7, 11) is 1.53. The molecule has 1 amide bonds. The Kier molecular flexibility index (Phi) is 2.49. The minimum atomic E-state index is -0.0133. The van der Waals surface area contributed by atoms with Crippen molar-refractivity contribution in [2.45, 2.75) is 19.8 Å². The molecule has 0 heterocycles. The molecular formula is C8H15NO2. The van der Waals surface area contributed by atoms with Crippen LogP contribution in [0.5, 0.6) is 0 Å². The number of amides is 1. The predicted octanol–water partition coefficient (Wildman–Crippen LogP) is 0.549. The molecule has 3 heteroatoms. The van der Waals surface area contributed by atoms with Gasteiger partial charge in [0.05, 0.1) is 0 Å². The molecule has 0 spiro atoms. The fourth-order valence-electron chi connectivity index (χ4n) is 0.884. The maximum absolute atomic E-state index is 10.9. The van der Waals surface area contributed by atoms with Crippen LogP contribution in [0.25, 0.3) is 0 Å². The average Bonchev–Trinajstić information content (AvgIpc) is 2.66. The van der Waals surface area contributed by atoms with E-state index < -0.39 is 0 Å². The zero-order valence-electron chi connectivity index (χ0n) is 7.14. The van der Waals surface area contributed by atoms with E-state index in [0.29, 0.717) is 5.41 Å². The molecule has 1 fully saturated rings. The summed E-state index contributed by atoms with van der Waals surface area (Å²) in [4.78, 5) is 10.9. The Morgan fingerprint density at radius 1 is 1.64 bits per heavy atom. The number of carbonyl (C=O) groups excluding carboxylic acids is 1. The fourth-order valence-corrected chi connectivity index (χ4v) is 0.884. The van der Waals surface area contributed by atoms with Crippen LogP contribution in [0.2, 0.25) is 0 Å². The van der Waals surface area contributed by atoms with E-state index in [2.05, 4.69) is 17.0 Å². The lowest BCUT2D eigenvalue weighted by Gasteiger charge is -2.08. The molecule has 0 unspecified atom stereocenters. The first-order chi connectivity index (χ1) is 5.16. The monoisotopic (exact) mass is 157 g/mol. The van der Waals surface area contributed by atoms with Crippen LogP contribution >= 0.6 is 0 Å². The van der Waals surface area contributed by atoms with E-state index >= 15 is 0 Å². The van der Waals surface area contributed by atoms with Gasteiger partial charge in [0.25, 0.3) is 0 Å². The molecule has 3 nitrogen and oxygen atoms in total. The Labute approximate surface area is 67.1 Å². The molecule has 0 radical (unpaired) electrons. The third kappa shape index (κ3) is 2.89. The minimum Gasteiger partial charge on any atom is -0.375 e. The van der Waals surface area contributed by atoms with Gasteiger partial charge in [0.15, 0.2) is 0 Å². The zero-order valence-corrected chi connectivity index (χ0v) is 7.14. The summed E-state index contributed by atoms with van der Waals surface area (Å²) in [6.07, 6.45) is 2.47. The highest BCUT2D eigenvalue weighted by Crippen LogP contribution is 2.43. The van der Waals surface area contributed by atoms with Crippen molar-refractivity contribution in [3.63, 3.8) is 0 Å². The van der Waals surface area contributed by atoms with Crippen LogP contribution < -0.4 is 5.32 Å². The highest BCUT2D eigenvalue weighted by atomic mass is 16.5. The van der Waals surface area contributed by atoms with E-state index in [4.69, 9.17) is 0 Å². The normalized spacial score (nSPS) is 19.5. The summed E-state index contributed by atoms with van der Waals surface area (Å²) >= 11 is 0. The Balaban J connectivity index is 2.06. The van der Waals surface area contributed by atoms with Gasteiger partial charge in [-0.2, -0.15) is 0 Å². The van der Waals surface area contributed by atoms with Crippen molar-refractivity contribution < 1.29 is 9.53 Å². The molecular weight excluding hydrogens is 142 g/mol. The largest absolute Gasteiger partial charge is 0.375 e. The van der Waals surface area contributed by atoms with Crippen LogP contribution in [-0.2, 0) is 9.53 Å². The van der Waals surface area contributed by atoms with Gasteiger partial charge in [-0.05, 0) is 18.3 Å². The van der Waals surface area contributed by atoms with E-state index in [0.717, 1.165) is 6.54 Å². The third-order valence-electron chi connectivity index (χ3n) is 2.09. The molecule has 1 rings (SSSR count). The molecule has 11 heavy (non-hydrogen) atoms. The fraction of sp³-hybridized carbons (Fsp3) is 0.875. The van der Waals surface area contributed by atoms with Crippen molar-refractivity contribution >= 4 is 5.91 Å². The van der Waals surface area contributed by atoms with Gasteiger partial charge in [-0.15, -0.1) is 0 Å². The van der Waals surface area contributed by atoms with E-state index in [1.54, 1.807) is 0 Å². The first-order valence-electron chi connectivity index (χ1n) is 3.92. The standard InChI is InChI=1S/C8H15NO2/c1-8(3-4-8)6-9-7(10)5-11-2/h3-6H2,1-2H3,(H,9,10). The smallest absolute Gasteiger partial charge is 0.246 e. The van der Waals surface area contributed by atoms with Crippen LogP contribution in [0.4, 0.5) is 0 Å². The molecule has 1 aliphatic rings. The van der Waals surface area contributed by atoms with Crippen LogP contribution in [0.15, 0.2) is 0 Å². The SMILES string of the molecule is COCC(=O)NCC1(C)CC1. The molecule has 0 saturated heterocycles. The first-order valence-corrected chi connectivity index (χ1v) is 3.92. The van der Waals surface area contributed by atoms with Crippen molar-refractivity contribution in [2.24, 2.45) is 5.41 Å². The second-order valence-corrected chi connectivity index (χ2v) is 3.52. The summed E-state index contributed by atoms with van der Waals surface area (Å²) in [5.74, 6) is -0.0133. The summed E-state index contributed by atoms with van der Waals surface area (Å²) < 4.78 is 4.68. The first kappa shape index (κ1) is 8.53. The molecule has 64 valence electrons. The number of methoxy groups -OCH3 is 1. The number of carbonyl (C=O) groups is 1. The van der Waals surface area contributed by atoms with Crippen molar-refractivity contribution in [1.82, 2.24) is 5.32 Å². The molecule has 0 aliphatic heterocycles. The maximum Gasteiger partial charge on any atom is 0.246 e. The van der Waals surface area contributed by atoms with Gasteiger partial charge >= 0.3 is 0 Å². The summed E-state index contributed by atoms with van der Waals surface area (Å²) in [6.45, 7) is 3.16. The molecule has 0 aromatic rings. The molecule has 1 N–H and O–H groups in total. The number of nitrogens with one attached hydrogen (secondary N) is 1. The van der Waals surface area contributed by atoms with Gasteiger partial charge < -0.3 is 10.1 Å². The molecule has 0 aromatic carbocycles. The second-order valence-electron chi connectivity index (χ2n) is 3.52. The van der Waals surface area contributed by atoms with E-state index in [9.17, 15) is 4.79 Å². The highest BCUT2D eigenvalue weighted by molar-refractivity contribution is 5.77. The zero-order chi connectivity index (χ0) is 8.32. The topological polar surface area (TPSA) is 38.3 Å². The third-order valence-corrected chi connectivity index (χ3v) is 2.09.